The van der Waals surface area contributed by atoms with E-state index >= 15 is 0 Å². The van der Waals surface area contributed by atoms with E-state index in [-0.39, 0.29) is 28.0 Å². The third-order valence-corrected chi connectivity index (χ3v) is 2.39. The number of hydrogen-bond acceptors (Lipinski definition) is 4. The molecule has 1 aromatic carbocycles. The van der Waals surface area contributed by atoms with Gasteiger partial charge in [0.15, 0.2) is 0 Å². The number of pyridine rings is 1. The van der Waals surface area contributed by atoms with Crippen LogP contribution in [0, 0.1) is 0 Å². The molecular formula is C12H9ClN2O3. The van der Waals surface area contributed by atoms with Crippen LogP contribution in [-0.4, -0.2) is 21.1 Å². The standard InChI is InChI=1S/C12H9ClN2O3/c13-10-2-1-3-11(14-10)15-12(18)8-5-4-7(16)6-9(8)17/h1-6,16-17H,(H,14,15,18). The maximum atomic E-state index is 11.8. The van der Waals surface area contributed by atoms with Gasteiger partial charge in [-0.25, -0.2) is 4.98 Å². The molecule has 2 aromatic rings. The number of halogens is 1. The fourth-order valence-electron chi connectivity index (χ4n) is 1.37. The van der Waals surface area contributed by atoms with Crippen LogP contribution in [0.15, 0.2) is 36.4 Å². The average Bonchev–Trinajstić information content (AvgIpc) is 2.28. The molecule has 0 unspecified atom stereocenters. The quantitative estimate of drug-likeness (QED) is 0.728. The number of nitrogens with zero attached hydrogens (tertiary/aromatic N) is 1. The molecule has 2 rings (SSSR count). The van der Waals surface area contributed by atoms with E-state index < -0.39 is 5.91 Å². The highest BCUT2D eigenvalue weighted by Crippen LogP contribution is 2.23. The molecule has 18 heavy (non-hydrogen) atoms. The van der Waals surface area contributed by atoms with Crippen molar-refractivity contribution in [3.8, 4) is 11.5 Å². The van der Waals surface area contributed by atoms with Crippen molar-refractivity contribution in [1.82, 2.24) is 4.98 Å². The number of aromatic hydroxyl groups is 2. The Balaban J connectivity index is 2.22. The predicted molar refractivity (Wildman–Crippen MR) is 67.0 cm³/mol. The van der Waals surface area contributed by atoms with Crippen LogP contribution in [0.5, 0.6) is 11.5 Å². The molecule has 1 amide bonds. The molecule has 1 aromatic heterocycles. The zero-order valence-corrected chi connectivity index (χ0v) is 9.85. The van der Waals surface area contributed by atoms with E-state index in [0.29, 0.717) is 0 Å². The summed E-state index contributed by atoms with van der Waals surface area (Å²) in [5.41, 5.74) is 0.0366. The third kappa shape index (κ3) is 2.70. The lowest BCUT2D eigenvalue weighted by molar-refractivity contribution is 0.102. The van der Waals surface area contributed by atoms with Crippen molar-refractivity contribution in [1.29, 1.82) is 0 Å². The van der Waals surface area contributed by atoms with Crippen molar-refractivity contribution in [2.24, 2.45) is 0 Å². The van der Waals surface area contributed by atoms with E-state index in [9.17, 15) is 9.90 Å². The van der Waals surface area contributed by atoms with Gasteiger partial charge in [0.05, 0.1) is 5.56 Å². The molecule has 0 bridgehead atoms. The summed E-state index contributed by atoms with van der Waals surface area (Å²) in [6.45, 7) is 0. The fourth-order valence-corrected chi connectivity index (χ4v) is 1.54. The summed E-state index contributed by atoms with van der Waals surface area (Å²) in [5.74, 6) is -0.693. The normalized spacial score (nSPS) is 10.1. The number of amides is 1. The molecule has 0 aliphatic rings. The van der Waals surface area contributed by atoms with Gasteiger partial charge in [-0.15, -0.1) is 0 Å². The van der Waals surface area contributed by atoms with Crippen LogP contribution in [0.25, 0.3) is 0 Å². The van der Waals surface area contributed by atoms with Gasteiger partial charge in [0, 0.05) is 6.07 Å². The molecule has 0 atom stereocenters. The van der Waals surface area contributed by atoms with Crippen LogP contribution in [0.4, 0.5) is 5.82 Å². The molecule has 1 heterocycles. The second-order valence-corrected chi connectivity index (χ2v) is 3.89. The Bertz CT molecular complexity index is 602. The predicted octanol–water partition coefficient (Wildman–Crippen LogP) is 2.40. The Morgan fingerprint density at radius 1 is 1.22 bits per heavy atom. The Labute approximate surface area is 108 Å². The number of hydrogen-bond donors (Lipinski definition) is 3. The first kappa shape index (κ1) is 12.2. The molecular weight excluding hydrogens is 256 g/mol. The van der Waals surface area contributed by atoms with Crippen molar-refractivity contribution < 1.29 is 15.0 Å². The summed E-state index contributed by atoms with van der Waals surface area (Å²) >= 11 is 5.68. The SMILES string of the molecule is O=C(Nc1cccc(Cl)n1)c1ccc(O)cc1O. The van der Waals surface area contributed by atoms with Crippen molar-refractivity contribution >= 4 is 23.3 Å². The van der Waals surface area contributed by atoms with Gasteiger partial charge < -0.3 is 15.5 Å². The molecule has 0 aliphatic carbocycles. The number of phenolic OH excluding ortho intramolecular Hbond substituents is 2. The maximum Gasteiger partial charge on any atom is 0.260 e. The highest BCUT2D eigenvalue weighted by Gasteiger charge is 2.12. The van der Waals surface area contributed by atoms with Crippen molar-refractivity contribution in [2.75, 3.05) is 5.32 Å². The van der Waals surface area contributed by atoms with Gasteiger partial charge in [-0.3, -0.25) is 4.79 Å². The van der Waals surface area contributed by atoms with Crippen molar-refractivity contribution in [2.45, 2.75) is 0 Å². The minimum atomic E-state index is -0.540. The first-order chi connectivity index (χ1) is 8.56. The number of benzene rings is 1. The minimum absolute atomic E-state index is 0.0366. The summed E-state index contributed by atoms with van der Waals surface area (Å²) in [5, 5.41) is 21.4. The second-order valence-electron chi connectivity index (χ2n) is 3.50. The number of nitrogens with one attached hydrogen (secondary N) is 1. The largest absolute Gasteiger partial charge is 0.508 e. The third-order valence-electron chi connectivity index (χ3n) is 2.18. The zero-order valence-electron chi connectivity index (χ0n) is 9.09. The van der Waals surface area contributed by atoms with Crippen LogP contribution in [0.2, 0.25) is 5.15 Å². The highest BCUT2D eigenvalue weighted by atomic mass is 35.5. The van der Waals surface area contributed by atoms with Gasteiger partial charge in [-0.2, -0.15) is 0 Å². The molecule has 6 heteroatoms. The summed E-state index contributed by atoms with van der Waals surface area (Å²) in [7, 11) is 0. The first-order valence-electron chi connectivity index (χ1n) is 5.02. The Kier molecular flexibility index (Phi) is 3.34. The summed E-state index contributed by atoms with van der Waals surface area (Å²) in [6, 6.07) is 8.49. The lowest BCUT2D eigenvalue weighted by Gasteiger charge is -2.06. The molecule has 3 N–H and O–H groups in total. The molecule has 5 nitrogen and oxygen atoms in total. The van der Waals surface area contributed by atoms with Gasteiger partial charge in [-0.05, 0) is 24.3 Å². The topological polar surface area (TPSA) is 82.5 Å². The average molecular weight is 265 g/mol. The van der Waals surface area contributed by atoms with Crippen LogP contribution < -0.4 is 5.32 Å². The number of rotatable bonds is 2. The van der Waals surface area contributed by atoms with Gasteiger partial charge in [-0.1, -0.05) is 17.7 Å². The summed E-state index contributed by atoms with van der Waals surface area (Å²) < 4.78 is 0. The van der Waals surface area contributed by atoms with Gasteiger partial charge in [0.25, 0.3) is 5.91 Å². The van der Waals surface area contributed by atoms with Crippen LogP contribution in [0.3, 0.4) is 0 Å². The second kappa shape index (κ2) is 4.93. The maximum absolute atomic E-state index is 11.8. The zero-order chi connectivity index (χ0) is 13.1. The Hall–Kier alpha value is -2.27. The first-order valence-corrected chi connectivity index (χ1v) is 5.40. The number of anilines is 1. The van der Waals surface area contributed by atoms with E-state index in [1.54, 1.807) is 18.2 Å². The number of carbonyl (C=O) groups is 1. The summed E-state index contributed by atoms with van der Waals surface area (Å²) in [6.07, 6.45) is 0. The smallest absolute Gasteiger partial charge is 0.260 e. The van der Waals surface area contributed by atoms with E-state index in [2.05, 4.69) is 10.3 Å². The molecule has 0 saturated heterocycles. The van der Waals surface area contributed by atoms with Crippen LogP contribution >= 0.6 is 11.6 Å². The van der Waals surface area contributed by atoms with E-state index in [1.807, 2.05) is 0 Å². The van der Waals surface area contributed by atoms with Gasteiger partial charge in [0.1, 0.15) is 22.5 Å². The number of carbonyl (C=O) groups excluding carboxylic acids is 1. The van der Waals surface area contributed by atoms with E-state index in [4.69, 9.17) is 16.7 Å². The van der Waals surface area contributed by atoms with Gasteiger partial charge >= 0.3 is 0 Å². The number of phenols is 2. The van der Waals surface area contributed by atoms with E-state index in [0.717, 1.165) is 6.07 Å². The molecule has 0 saturated carbocycles. The Morgan fingerprint density at radius 2 is 2.00 bits per heavy atom. The lowest BCUT2D eigenvalue weighted by Crippen LogP contribution is -2.13. The van der Waals surface area contributed by atoms with Crippen molar-refractivity contribution in [3.63, 3.8) is 0 Å². The van der Waals surface area contributed by atoms with Crippen LogP contribution in [0.1, 0.15) is 10.4 Å². The minimum Gasteiger partial charge on any atom is -0.508 e. The highest BCUT2D eigenvalue weighted by molar-refractivity contribution is 6.29. The molecule has 92 valence electrons. The Morgan fingerprint density at radius 3 is 2.67 bits per heavy atom. The lowest BCUT2D eigenvalue weighted by atomic mass is 10.2. The summed E-state index contributed by atoms with van der Waals surface area (Å²) in [4.78, 5) is 15.7. The van der Waals surface area contributed by atoms with Gasteiger partial charge in [0.2, 0.25) is 0 Å². The van der Waals surface area contributed by atoms with E-state index in [1.165, 1.54) is 12.1 Å². The monoisotopic (exact) mass is 264 g/mol. The molecule has 0 fully saturated rings. The number of aromatic nitrogens is 1. The van der Waals surface area contributed by atoms with Crippen LogP contribution in [-0.2, 0) is 0 Å². The molecule has 0 spiro atoms. The van der Waals surface area contributed by atoms with Crippen molar-refractivity contribution in [3.05, 3.63) is 47.1 Å². The fraction of sp³-hybridized carbons (Fsp3) is 0. The molecule has 0 aliphatic heterocycles. The molecule has 0 radical (unpaired) electrons.